The van der Waals surface area contributed by atoms with Gasteiger partial charge in [0.1, 0.15) is 0 Å². The van der Waals surface area contributed by atoms with Crippen molar-refractivity contribution in [1.29, 1.82) is 0 Å². The van der Waals surface area contributed by atoms with Crippen molar-refractivity contribution < 1.29 is 14.2 Å². The molecule has 7 atom stereocenters. The standard InChI is InChI=1S/C16H31N5O3/c1-11-10-23-7-6-22-5-4-21-17-9-15(20-21)16-13-8-12(24-11)2-3-14(13)18-19-16/h11-20H,2-10H2,1H3/t11-,12?,13?,14?,15?,16?/m1/s1. The maximum Gasteiger partial charge on any atom is 0.0784 e. The van der Waals surface area contributed by atoms with Crippen LogP contribution in [0.5, 0.6) is 0 Å². The lowest BCUT2D eigenvalue weighted by molar-refractivity contribution is -0.0765. The van der Waals surface area contributed by atoms with Crippen LogP contribution < -0.4 is 21.7 Å². The normalized spacial score (nSPS) is 47.6. The third-order valence-electron chi connectivity index (χ3n) is 5.61. The number of hydrazine groups is 3. The zero-order valence-electron chi connectivity index (χ0n) is 14.5. The van der Waals surface area contributed by atoms with E-state index in [4.69, 9.17) is 14.2 Å². The summed E-state index contributed by atoms with van der Waals surface area (Å²) in [5, 5.41) is 2.06. The molecule has 8 heteroatoms. The molecule has 6 unspecified atom stereocenters. The van der Waals surface area contributed by atoms with E-state index in [0.29, 0.717) is 56.6 Å². The van der Waals surface area contributed by atoms with E-state index >= 15 is 0 Å². The largest absolute Gasteiger partial charge is 0.378 e. The Hall–Kier alpha value is -0.320. The molecule has 0 aromatic carbocycles. The Kier molecular flexibility index (Phi) is 5.65. The highest BCUT2D eigenvalue weighted by Crippen LogP contribution is 2.34. The minimum Gasteiger partial charge on any atom is -0.378 e. The third kappa shape index (κ3) is 3.91. The summed E-state index contributed by atoms with van der Waals surface area (Å²) >= 11 is 0. The zero-order chi connectivity index (χ0) is 16.4. The molecule has 0 aromatic heterocycles. The van der Waals surface area contributed by atoms with Crippen LogP contribution in [0.15, 0.2) is 0 Å². The van der Waals surface area contributed by atoms with Gasteiger partial charge in [0, 0.05) is 18.6 Å². The number of ether oxygens (including phenoxy) is 3. The molecule has 3 saturated heterocycles. The molecule has 4 aliphatic rings. The smallest absolute Gasteiger partial charge is 0.0784 e. The van der Waals surface area contributed by atoms with Gasteiger partial charge in [0.15, 0.2) is 0 Å². The number of nitrogens with zero attached hydrogens (tertiary/aromatic N) is 1. The van der Waals surface area contributed by atoms with Crippen molar-refractivity contribution in [2.45, 2.75) is 56.5 Å². The molecule has 0 radical (unpaired) electrons. The van der Waals surface area contributed by atoms with E-state index in [9.17, 15) is 0 Å². The molecule has 4 bridgehead atoms. The van der Waals surface area contributed by atoms with E-state index in [1.165, 1.54) is 6.42 Å². The van der Waals surface area contributed by atoms with Crippen LogP contribution >= 0.6 is 0 Å². The summed E-state index contributed by atoms with van der Waals surface area (Å²) in [5.74, 6) is 0.597. The first-order chi connectivity index (χ1) is 11.8. The lowest BCUT2D eigenvalue weighted by atomic mass is 9.78. The first-order valence-electron chi connectivity index (χ1n) is 9.39. The highest BCUT2D eigenvalue weighted by Gasteiger charge is 2.45. The van der Waals surface area contributed by atoms with E-state index in [-0.39, 0.29) is 6.10 Å². The van der Waals surface area contributed by atoms with Crippen LogP contribution in [-0.2, 0) is 14.2 Å². The van der Waals surface area contributed by atoms with Crippen molar-refractivity contribution in [2.24, 2.45) is 5.92 Å². The molecule has 4 fully saturated rings. The van der Waals surface area contributed by atoms with Crippen LogP contribution in [0.1, 0.15) is 26.2 Å². The van der Waals surface area contributed by atoms with E-state index in [2.05, 4.69) is 33.7 Å². The van der Waals surface area contributed by atoms with Crippen LogP contribution in [0.25, 0.3) is 0 Å². The Bertz CT molecular complexity index is 415. The van der Waals surface area contributed by atoms with Gasteiger partial charge in [-0.15, -0.1) is 0 Å². The predicted molar refractivity (Wildman–Crippen MR) is 88.8 cm³/mol. The fraction of sp³-hybridized carbons (Fsp3) is 1.00. The van der Waals surface area contributed by atoms with Gasteiger partial charge in [-0.3, -0.25) is 10.9 Å². The van der Waals surface area contributed by atoms with Gasteiger partial charge in [0.25, 0.3) is 0 Å². The molecule has 0 aromatic rings. The topological polar surface area (TPSA) is 79.1 Å². The molecule has 3 heterocycles. The molecule has 0 amide bonds. The van der Waals surface area contributed by atoms with Crippen molar-refractivity contribution in [3.63, 3.8) is 0 Å². The molecule has 138 valence electrons. The van der Waals surface area contributed by atoms with E-state index in [1.54, 1.807) is 0 Å². The fourth-order valence-corrected chi connectivity index (χ4v) is 4.42. The number of hydrogen-bond acceptors (Lipinski definition) is 8. The molecule has 1 saturated carbocycles. The van der Waals surface area contributed by atoms with Crippen LogP contribution in [0.3, 0.4) is 0 Å². The SMILES string of the molecule is C[C@@H]1COCCOCCN2NCC(N2)C2NNC3CCC(CC32)O1. The second-order valence-electron chi connectivity index (χ2n) is 7.40. The third-order valence-corrected chi connectivity index (χ3v) is 5.61. The van der Waals surface area contributed by atoms with Gasteiger partial charge in [-0.2, -0.15) is 5.12 Å². The highest BCUT2D eigenvalue weighted by atomic mass is 16.6. The van der Waals surface area contributed by atoms with Crippen LogP contribution in [-0.4, -0.2) is 75.0 Å². The Morgan fingerprint density at radius 3 is 2.88 bits per heavy atom. The van der Waals surface area contributed by atoms with Gasteiger partial charge in [-0.25, -0.2) is 10.9 Å². The van der Waals surface area contributed by atoms with Crippen LogP contribution in [0.4, 0.5) is 0 Å². The van der Waals surface area contributed by atoms with Gasteiger partial charge in [-0.1, -0.05) is 0 Å². The molecule has 0 spiro atoms. The maximum atomic E-state index is 6.26. The van der Waals surface area contributed by atoms with Crippen molar-refractivity contribution in [3.8, 4) is 0 Å². The Morgan fingerprint density at radius 2 is 1.92 bits per heavy atom. The summed E-state index contributed by atoms with van der Waals surface area (Å²) in [6.07, 6.45) is 3.88. The molecular weight excluding hydrogens is 310 g/mol. The summed E-state index contributed by atoms with van der Waals surface area (Å²) in [4.78, 5) is 0. The maximum absolute atomic E-state index is 6.26. The Morgan fingerprint density at radius 1 is 1.00 bits per heavy atom. The van der Waals surface area contributed by atoms with Crippen molar-refractivity contribution in [3.05, 3.63) is 0 Å². The second-order valence-corrected chi connectivity index (χ2v) is 7.40. The molecule has 24 heavy (non-hydrogen) atoms. The van der Waals surface area contributed by atoms with E-state index in [0.717, 1.165) is 25.9 Å². The van der Waals surface area contributed by atoms with Crippen molar-refractivity contribution in [2.75, 3.05) is 39.5 Å². The quantitative estimate of drug-likeness (QED) is 0.454. The molecule has 3 aliphatic heterocycles. The van der Waals surface area contributed by atoms with Crippen LogP contribution in [0, 0.1) is 5.92 Å². The molecule has 4 N–H and O–H groups in total. The Labute approximate surface area is 143 Å². The monoisotopic (exact) mass is 341 g/mol. The van der Waals surface area contributed by atoms with Crippen LogP contribution in [0.2, 0.25) is 0 Å². The lowest BCUT2D eigenvalue weighted by Gasteiger charge is -2.35. The number of rotatable bonds is 0. The average molecular weight is 341 g/mol. The van der Waals surface area contributed by atoms with Gasteiger partial charge in [0.2, 0.25) is 0 Å². The number of fused-ring (bicyclic) bond motifs is 4. The van der Waals surface area contributed by atoms with E-state index in [1.807, 2.05) is 0 Å². The summed E-state index contributed by atoms with van der Waals surface area (Å²) in [5.41, 5.74) is 14.1. The average Bonchev–Trinajstić information content (AvgIpc) is 3.19. The number of hydrogen-bond donors (Lipinski definition) is 4. The number of nitrogens with one attached hydrogen (secondary N) is 4. The molecule has 4 rings (SSSR count). The summed E-state index contributed by atoms with van der Waals surface area (Å²) in [6, 6.07) is 1.36. The van der Waals surface area contributed by atoms with E-state index < -0.39 is 0 Å². The summed E-state index contributed by atoms with van der Waals surface area (Å²) < 4.78 is 17.6. The lowest BCUT2D eigenvalue weighted by Crippen LogP contribution is -2.51. The Balaban J connectivity index is 1.42. The summed E-state index contributed by atoms with van der Waals surface area (Å²) in [6.45, 7) is 6.46. The van der Waals surface area contributed by atoms with Gasteiger partial charge < -0.3 is 14.2 Å². The van der Waals surface area contributed by atoms with Gasteiger partial charge in [-0.05, 0) is 32.1 Å². The van der Waals surface area contributed by atoms with Crippen molar-refractivity contribution >= 4 is 0 Å². The highest BCUT2D eigenvalue weighted by molar-refractivity contribution is 5.02. The molecule has 8 nitrogen and oxygen atoms in total. The van der Waals surface area contributed by atoms with Crippen molar-refractivity contribution in [1.82, 2.24) is 26.8 Å². The fourth-order valence-electron chi connectivity index (χ4n) is 4.42. The minimum atomic E-state index is 0.141. The molecular formula is C16H31N5O3. The predicted octanol–water partition coefficient (Wildman–Crippen LogP) is -0.855. The van der Waals surface area contributed by atoms with Gasteiger partial charge in [0.05, 0.1) is 51.2 Å². The first-order valence-corrected chi connectivity index (χ1v) is 9.39. The zero-order valence-corrected chi connectivity index (χ0v) is 14.5. The van der Waals surface area contributed by atoms with Gasteiger partial charge >= 0.3 is 0 Å². The summed E-state index contributed by atoms with van der Waals surface area (Å²) in [7, 11) is 0. The minimum absolute atomic E-state index is 0.141. The first kappa shape index (κ1) is 17.1. The molecule has 1 aliphatic carbocycles. The second kappa shape index (κ2) is 7.92.